The van der Waals surface area contributed by atoms with E-state index in [1.807, 2.05) is 21.0 Å². The van der Waals surface area contributed by atoms with Gasteiger partial charge in [0.15, 0.2) is 5.82 Å². The van der Waals surface area contributed by atoms with Crippen LogP contribution in [0.25, 0.3) is 0 Å². The molecule has 0 saturated heterocycles. The number of aryl methyl sites for hydroxylation is 1. The largest absolute Gasteiger partial charge is 0.392 e. The molecule has 0 bridgehead atoms. The average molecular weight is 225 g/mol. The van der Waals surface area contributed by atoms with E-state index in [4.69, 9.17) is 0 Å². The molecule has 90 valence electrons. The molecule has 0 unspecified atom stereocenters. The predicted molar refractivity (Wildman–Crippen MR) is 58.6 cm³/mol. The monoisotopic (exact) mass is 225 g/mol. The van der Waals surface area contributed by atoms with E-state index in [0.29, 0.717) is 12.5 Å². The van der Waals surface area contributed by atoms with Crippen molar-refractivity contribution in [1.82, 2.24) is 25.1 Å². The van der Waals surface area contributed by atoms with Gasteiger partial charge in [-0.1, -0.05) is 0 Å². The second kappa shape index (κ2) is 4.47. The lowest BCUT2D eigenvalue weighted by atomic mass is 10.2. The molecule has 0 amide bonds. The molecule has 1 saturated carbocycles. The summed E-state index contributed by atoms with van der Waals surface area (Å²) in [6.45, 7) is 2.73. The number of aromatic nitrogens is 4. The van der Waals surface area contributed by atoms with Crippen LogP contribution in [0.2, 0.25) is 0 Å². The normalized spacial score (nSPS) is 20.1. The predicted octanol–water partition coefficient (Wildman–Crippen LogP) is -0.0262. The Bertz CT molecular complexity index is 349. The Morgan fingerprint density at radius 1 is 1.56 bits per heavy atom. The number of likely N-dealkylation sites (N-methyl/N-ethyl adjacent to an activating group) is 1. The number of hydrogen-bond donors (Lipinski definition) is 1. The van der Waals surface area contributed by atoms with E-state index in [1.165, 1.54) is 0 Å². The lowest BCUT2D eigenvalue weighted by Gasteiger charge is -2.25. The third kappa shape index (κ3) is 2.38. The average Bonchev–Trinajstić information content (AvgIpc) is 3.01. The van der Waals surface area contributed by atoms with E-state index in [2.05, 4.69) is 20.4 Å². The van der Waals surface area contributed by atoms with Gasteiger partial charge in [0.1, 0.15) is 0 Å². The van der Waals surface area contributed by atoms with Gasteiger partial charge in [-0.3, -0.25) is 4.90 Å². The molecule has 6 heteroatoms. The van der Waals surface area contributed by atoms with Crippen molar-refractivity contribution in [3.05, 3.63) is 5.82 Å². The van der Waals surface area contributed by atoms with Crippen molar-refractivity contribution >= 4 is 0 Å². The van der Waals surface area contributed by atoms with Crippen LogP contribution in [0.1, 0.15) is 31.6 Å². The van der Waals surface area contributed by atoms with Gasteiger partial charge in [0.2, 0.25) is 0 Å². The zero-order valence-electron chi connectivity index (χ0n) is 10.0. The Labute approximate surface area is 95.2 Å². The molecular formula is C10H19N5O. The van der Waals surface area contributed by atoms with Gasteiger partial charge in [-0.15, -0.1) is 5.10 Å². The molecule has 1 aromatic rings. The molecule has 1 heterocycles. The highest BCUT2D eigenvalue weighted by atomic mass is 16.3. The number of hydrogen-bond acceptors (Lipinski definition) is 5. The maximum atomic E-state index is 9.87. The highest BCUT2D eigenvalue weighted by Gasteiger charge is 2.31. The minimum absolute atomic E-state index is 0.119. The molecule has 2 atom stereocenters. The van der Waals surface area contributed by atoms with Crippen molar-refractivity contribution in [2.24, 2.45) is 13.0 Å². The molecule has 1 aliphatic rings. The second-order valence-electron chi connectivity index (χ2n) is 4.68. The fraction of sp³-hybridized carbons (Fsp3) is 0.900. The summed E-state index contributed by atoms with van der Waals surface area (Å²) in [4.78, 5) is 2.09. The summed E-state index contributed by atoms with van der Waals surface area (Å²) >= 11 is 0. The first-order valence-corrected chi connectivity index (χ1v) is 5.70. The van der Waals surface area contributed by atoms with Crippen LogP contribution >= 0.6 is 0 Å². The summed E-state index contributed by atoms with van der Waals surface area (Å²) in [6.07, 6.45) is 2.11. The van der Waals surface area contributed by atoms with Crippen LogP contribution in [-0.4, -0.2) is 49.9 Å². The van der Waals surface area contributed by atoms with Crippen LogP contribution < -0.4 is 0 Å². The Morgan fingerprint density at radius 3 is 2.75 bits per heavy atom. The molecular weight excluding hydrogens is 206 g/mol. The van der Waals surface area contributed by atoms with Crippen LogP contribution in [0.3, 0.4) is 0 Å². The molecule has 1 N–H and O–H groups in total. The van der Waals surface area contributed by atoms with Crippen LogP contribution in [0.15, 0.2) is 0 Å². The van der Waals surface area contributed by atoms with Crippen molar-refractivity contribution in [3.63, 3.8) is 0 Å². The van der Waals surface area contributed by atoms with Crippen LogP contribution in [-0.2, 0) is 7.05 Å². The number of rotatable bonds is 5. The van der Waals surface area contributed by atoms with E-state index in [-0.39, 0.29) is 12.1 Å². The van der Waals surface area contributed by atoms with Crippen molar-refractivity contribution < 1.29 is 5.11 Å². The molecule has 0 spiro atoms. The first-order chi connectivity index (χ1) is 7.59. The Balaban J connectivity index is 1.93. The fourth-order valence-electron chi connectivity index (χ4n) is 1.87. The van der Waals surface area contributed by atoms with Crippen molar-refractivity contribution in [3.8, 4) is 0 Å². The first kappa shape index (κ1) is 11.5. The van der Waals surface area contributed by atoms with Crippen LogP contribution in [0.4, 0.5) is 0 Å². The summed E-state index contributed by atoms with van der Waals surface area (Å²) < 4.78 is 1.67. The van der Waals surface area contributed by atoms with E-state index in [9.17, 15) is 5.11 Å². The van der Waals surface area contributed by atoms with Gasteiger partial charge in [-0.25, -0.2) is 4.68 Å². The molecule has 6 nitrogen and oxygen atoms in total. The van der Waals surface area contributed by atoms with Crippen LogP contribution in [0.5, 0.6) is 0 Å². The second-order valence-corrected chi connectivity index (χ2v) is 4.68. The van der Waals surface area contributed by atoms with Crippen molar-refractivity contribution in [1.29, 1.82) is 0 Å². The first-order valence-electron chi connectivity index (χ1n) is 5.70. The Hall–Kier alpha value is -1.01. The molecule has 0 aliphatic heterocycles. The molecule has 1 fully saturated rings. The standard InChI is InChI=1S/C10H19N5O/c1-7(10-11-12-13-15(10)3)14(2)6-9(16)8-4-5-8/h7-9,16H,4-6H2,1-3H3/t7-,9+/m0/s1. The number of aliphatic hydroxyl groups excluding tert-OH is 1. The van der Waals surface area contributed by atoms with Gasteiger partial charge in [0.25, 0.3) is 0 Å². The zero-order valence-corrected chi connectivity index (χ0v) is 10.0. The van der Waals surface area contributed by atoms with Crippen molar-refractivity contribution in [2.45, 2.75) is 31.9 Å². The van der Waals surface area contributed by atoms with Crippen LogP contribution in [0, 0.1) is 5.92 Å². The quantitative estimate of drug-likeness (QED) is 0.762. The summed E-state index contributed by atoms with van der Waals surface area (Å²) in [7, 11) is 3.82. The van der Waals surface area contributed by atoms with Crippen molar-refractivity contribution in [2.75, 3.05) is 13.6 Å². The number of aliphatic hydroxyl groups is 1. The molecule has 16 heavy (non-hydrogen) atoms. The number of nitrogens with zero attached hydrogens (tertiary/aromatic N) is 5. The molecule has 2 rings (SSSR count). The summed E-state index contributed by atoms with van der Waals surface area (Å²) in [6, 6.07) is 0.119. The van der Waals surface area contributed by atoms with Gasteiger partial charge in [-0.2, -0.15) is 0 Å². The fourth-order valence-corrected chi connectivity index (χ4v) is 1.87. The van der Waals surface area contributed by atoms with E-state index in [0.717, 1.165) is 18.7 Å². The Kier molecular flexibility index (Phi) is 3.20. The lowest BCUT2D eigenvalue weighted by molar-refractivity contribution is 0.0885. The maximum absolute atomic E-state index is 9.87. The molecule has 1 aromatic heterocycles. The lowest BCUT2D eigenvalue weighted by Crippen LogP contribution is -2.33. The van der Waals surface area contributed by atoms with Gasteiger partial charge in [-0.05, 0) is 43.2 Å². The van der Waals surface area contributed by atoms with Gasteiger partial charge in [0, 0.05) is 13.6 Å². The third-order valence-electron chi connectivity index (χ3n) is 3.33. The smallest absolute Gasteiger partial charge is 0.167 e. The van der Waals surface area contributed by atoms with E-state index in [1.54, 1.807) is 4.68 Å². The van der Waals surface area contributed by atoms with Gasteiger partial charge >= 0.3 is 0 Å². The zero-order chi connectivity index (χ0) is 11.7. The minimum atomic E-state index is -0.214. The topological polar surface area (TPSA) is 67.1 Å². The summed E-state index contributed by atoms with van der Waals surface area (Å²) in [5, 5.41) is 21.3. The summed E-state index contributed by atoms with van der Waals surface area (Å²) in [5.41, 5.74) is 0. The number of tetrazole rings is 1. The van der Waals surface area contributed by atoms with Gasteiger partial charge in [0.05, 0.1) is 12.1 Å². The maximum Gasteiger partial charge on any atom is 0.167 e. The van der Waals surface area contributed by atoms with E-state index >= 15 is 0 Å². The van der Waals surface area contributed by atoms with E-state index < -0.39 is 0 Å². The Morgan fingerprint density at radius 2 is 2.25 bits per heavy atom. The molecule has 0 aromatic carbocycles. The summed E-state index contributed by atoms with van der Waals surface area (Å²) in [5.74, 6) is 1.33. The molecule has 1 aliphatic carbocycles. The highest BCUT2D eigenvalue weighted by molar-refractivity contribution is 4.91. The van der Waals surface area contributed by atoms with Gasteiger partial charge < -0.3 is 5.11 Å². The molecule has 0 radical (unpaired) electrons. The minimum Gasteiger partial charge on any atom is -0.392 e. The highest BCUT2D eigenvalue weighted by Crippen LogP contribution is 2.33. The SMILES string of the molecule is C[C@@H](c1nnnn1C)N(C)C[C@@H](O)C1CC1. The third-order valence-corrected chi connectivity index (χ3v) is 3.33.